The van der Waals surface area contributed by atoms with Crippen molar-refractivity contribution in [2.45, 2.75) is 16.7 Å². The summed E-state index contributed by atoms with van der Waals surface area (Å²) in [5, 5.41) is 7.82. The van der Waals surface area contributed by atoms with E-state index in [-0.39, 0.29) is 0 Å². The Morgan fingerprint density at radius 3 is 2.00 bits per heavy atom. The van der Waals surface area contributed by atoms with Crippen LogP contribution in [-0.2, 0) is 0 Å². The molecule has 0 saturated heterocycles. The van der Waals surface area contributed by atoms with Gasteiger partial charge in [0.05, 0.1) is 11.0 Å². The van der Waals surface area contributed by atoms with Crippen LogP contribution in [0.2, 0.25) is 0 Å². The molecule has 10 rings (SSSR count). The minimum Gasteiger partial charge on any atom is -0.309 e. The van der Waals surface area contributed by atoms with Gasteiger partial charge in [-0.05, 0) is 104 Å². The summed E-state index contributed by atoms with van der Waals surface area (Å²) < 4.78 is 2.43. The summed E-state index contributed by atoms with van der Waals surface area (Å²) in [6, 6.07) is 58.1. The van der Waals surface area contributed by atoms with Gasteiger partial charge in [-0.2, -0.15) is 0 Å². The zero-order valence-electron chi connectivity index (χ0n) is 25.9. The first-order chi connectivity index (χ1) is 23.2. The third-order valence-electron chi connectivity index (χ3n) is 9.87. The maximum Gasteiger partial charge on any atom is 0.0553 e. The van der Waals surface area contributed by atoms with Crippen molar-refractivity contribution in [3.05, 3.63) is 163 Å². The predicted molar refractivity (Wildman–Crippen MR) is 201 cm³/mol. The standard InChI is InChI=1S/C45H29NS/c1-28-25-42-45-35(33-18-8-10-24-41(33)47-42)21-12-22-37(45)43(28)30-14-11-13-29(26-30)38-27-40-44(34-19-6-5-17-32(34)38)36-20-7-9-23-39(36)46(40)31-15-3-2-4-16-31/h2-27H,1H3. The Hall–Kier alpha value is -5.57. The van der Waals surface area contributed by atoms with E-state index in [1.165, 1.54) is 97.8 Å². The summed E-state index contributed by atoms with van der Waals surface area (Å²) >= 11 is 1.89. The van der Waals surface area contributed by atoms with Crippen LogP contribution in [0.25, 0.3) is 82.4 Å². The number of para-hydroxylation sites is 2. The molecule has 0 unspecified atom stereocenters. The Morgan fingerprint density at radius 2 is 1.11 bits per heavy atom. The molecule has 0 spiro atoms. The molecule has 1 nitrogen and oxygen atoms in total. The molecule has 0 aliphatic carbocycles. The van der Waals surface area contributed by atoms with Crippen LogP contribution < -0.4 is 0 Å². The van der Waals surface area contributed by atoms with Gasteiger partial charge in [0, 0.05) is 31.6 Å². The monoisotopic (exact) mass is 615 g/mol. The van der Waals surface area contributed by atoms with E-state index in [9.17, 15) is 0 Å². The molecule has 2 heteroatoms. The van der Waals surface area contributed by atoms with Gasteiger partial charge in [-0.25, -0.2) is 0 Å². The molecule has 8 aromatic carbocycles. The third-order valence-corrected chi connectivity index (χ3v) is 11.0. The van der Waals surface area contributed by atoms with Gasteiger partial charge in [0.2, 0.25) is 0 Å². The molecular weight excluding hydrogens is 587 g/mol. The highest BCUT2D eigenvalue weighted by Gasteiger charge is 2.23. The van der Waals surface area contributed by atoms with Crippen molar-refractivity contribution in [3.63, 3.8) is 0 Å². The number of aryl methyl sites for hydroxylation is 1. The van der Waals surface area contributed by atoms with Gasteiger partial charge < -0.3 is 4.57 Å². The van der Waals surface area contributed by atoms with Crippen molar-refractivity contribution >= 4 is 55.1 Å². The number of rotatable bonds is 3. The molecule has 220 valence electrons. The Morgan fingerprint density at radius 1 is 0.426 bits per heavy atom. The molecule has 0 bridgehead atoms. The van der Waals surface area contributed by atoms with Crippen molar-refractivity contribution in [1.82, 2.24) is 4.57 Å². The van der Waals surface area contributed by atoms with Gasteiger partial charge in [-0.1, -0.05) is 127 Å². The topological polar surface area (TPSA) is 4.93 Å². The Labute approximate surface area is 277 Å². The van der Waals surface area contributed by atoms with Crippen LogP contribution >= 0.6 is 11.8 Å². The molecule has 47 heavy (non-hydrogen) atoms. The fourth-order valence-electron chi connectivity index (χ4n) is 7.93. The minimum atomic E-state index is 1.17. The fourth-order valence-corrected chi connectivity index (χ4v) is 9.16. The van der Waals surface area contributed by atoms with E-state index in [0.717, 1.165) is 0 Å². The third kappa shape index (κ3) is 3.92. The number of fused-ring (bicyclic) bond motifs is 7. The maximum atomic E-state index is 2.43. The fraction of sp³-hybridized carbons (Fsp3) is 0.0222. The van der Waals surface area contributed by atoms with E-state index in [1.807, 2.05) is 11.8 Å². The van der Waals surface area contributed by atoms with Crippen LogP contribution in [0.3, 0.4) is 0 Å². The Kier molecular flexibility index (Phi) is 5.79. The Balaban J connectivity index is 1.24. The predicted octanol–water partition coefficient (Wildman–Crippen LogP) is 12.9. The van der Waals surface area contributed by atoms with E-state index < -0.39 is 0 Å². The van der Waals surface area contributed by atoms with Crippen LogP contribution in [0.5, 0.6) is 0 Å². The normalized spacial score (nSPS) is 12.3. The summed E-state index contributed by atoms with van der Waals surface area (Å²) in [7, 11) is 0. The van der Waals surface area contributed by atoms with E-state index in [0.29, 0.717) is 0 Å². The molecular formula is C45H29NS. The number of benzene rings is 8. The van der Waals surface area contributed by atoms with E-state index >= 15 is 0 Å². The largest absolute Gasteiger partial charge is 0.309 e. The smallest absolute Gasteiger partial charge is 0.0553 e. The van der Waals surface area contributed by atoms with Crippen molar-refractivity contribution in [1.29, 1.82) is 0 Å². The lowest BCUT2D eigenvalue weighted by molar-refractivity contribution is 1.18. The lowest BCUT2D eigenvalue weighted by Crippen LogP contribution is -1.96. The lowest BCUT2D eigenvalue weighted by Gasteiger charge is -2.23. The minimum absolute atomic E-state index is 1.17. The second-order valence-electron chi connectivity index (χ2n) is 12.5. The maximum absolute atomic E-state index is 2.43. The van der Waals surface area contributed by atoms with E-state index in [2.05, 4.69) is 169 Å². The average Bonchev–Trinajstić information content (AvgIpc) is 3.46. The summed E-state index contributed by atoms with van der Waals surface area (Å²) in [4.78, 5) is 2.67. The van der Waals surface area contributed by atoms with Crippen molar-refractivity contribution in [2.75, 3.05) is 0 Å². The number of hydrogen-bond acceptors (Lipinski definition) is 1. The molecule has 0 radical (unpaired) electrons. The molecule has 0 N–H and O–H groups in total. The zero-order valence-corrected chi connectivity index (χ0v) is 26.7. The lowest BCUT2D eigenvalue weighted by atomic mass is 9.88. The molecule has 0 atom stereocenters. The van der Waals surface area contributed by atoms with E-state index in [1.54, 1.807) is 0 Å². The van der Waals surface area contributed by atoms with Gasteiger partial charge in [-0.15, -0.1) is 0 Å². The van der Waals surface area contributed by atoms with Gasteiger partial charge in [0.1, 0.15) is 0 Å². The van der Waals surface area contributed by atoms with Gasteiger partial charge >= 0.3 is 0 Å². The van der Waals surface area contributed by atoms with Gasteiger partial charge in [0.15, 0.2) is 0 Å². The Bertz CT molecular complexity index is 2720. The summed E-state index contributed by atoms with van der Waals surface area (Å²) in [6.45, 7) is 2.27. The molecule has 0 fully saturated rings. The van der Waals surface area contributed by atoms with Crippen LogP contribution in [0.1, 0.15) is 5.56 Å². The number of nitrogens with zero attached hydrogens (tertiary/aromatic N) is 1. The first-order valence-corrected chi connectivity index (χ1v) is 17.0. The first kappa shape index (κ1) is 26.6. The van der Waals surface area contributed by atoms with Crippen LogP contribution in [0, 0.1) is 6.92 Å². The van der Waals surface area contributed by atoms with Crippen molar-refractivity contribution in [2.24, 2.45) is 0 Å². The summed E-state index contributed by atoms with van der Waals surface area (Å²) in [5.74, 6) is 0. The van der Waals surface area contributed by atoms with Gasteiger partial charge in [0.25, 0.3) is 0 Å². The molecule has 0 amide bonds. The van der Waals surface area contributed by atoms with Gasteiger partial charge in [-0.3, -0.25) is 0 Å². The van der Waals surface area contributed by atoms with E-state index in [4.69, 9.17) is 0 Å². The second-order valence-corrected chi connectivity index (χ2v) is 13.6. The molecule has 1 aliphatic rings. The molecule has 9 aromatic rings. The van der Waals surface area contributed by atoms with Crippen molar-refractivity contribution in [3.8, 4) is 39.1 Å². The molecule has 1 aliphatic heterocycles. The highest BCUT2D eigenvalue weighted by Crippen LogP contribution is 2.51. The van der Waals surface area contributed by atoms with Crippen LogP contribution in [0.4, 0.5) is 0 Å². The highest BCUT2D eigenvalue weighted by atomic mass is 32.2. The number of aromatic nitrogens is 1. The zero-order chi connectivity index (χ0) is 31.1. The number of hydrogen-bond donors (Lipinski definition) is 0. The molecule has 2 heterocycles. The first-order valence-electron chi connectivity index (χ1n) is 16.2. The summed E-state index contributed by atoms with van der Waals surface area (Å²) in [5.41, 5.74) is 12.6. The van der Waals surface area contributed by atoms with Crippen molar-refractivity contribution < 1.29 is 0 Å². The summed E-state index contributed by atoms with van der Waals surface area (Å²) in [6.07, 6.45) is 0. The van der Waals surface area contributed by atoms with Crippen LogP contribution in [-0.4, -0.2) is 4.57 Å². The SMILES string of the molecule is Cc1cc2c3c(cccc3c1-c1cccc(-c3cc4c(c5ccccc35)c3ccccc3n4-c3ccccc3)c1)-c1ccccc1S2. The molecule has 0 saturated carbocycles. The average molecular weight is 616 g/mol. The molecule has 1 aromatic heterocycles. The van der Waals surface area contributed by atoms with Crippen LogP contribution in [0.15, 0.2) is 168 Å². The quantitative estimate of drug-likeness (QED) is 0.191. The second kappa shape index (κ2) is 10.2. The highest BCUT2D eigenvalue weighted by molar-refractivity contribution is 7.99.